The predicted molar refractivity (Wildman–Crippen MR) is 82.6 cm³/mol. The standard InChI is InChI=1S/C15H18N6/c1-4-21-15(17-11-18-21)14-16-9-10-20(14)13-7-5-12(6-8-13)19(2)3/h5-11H,4H2,1-3H3. The lowest BCUT2D eigenvalue weighted by atomic mass is 10.2. The van der Waals surface area contributed by atoms with Gasteiger partial charge in [-0.1, -0.05) is 0 Å². The summed E-state index contributed by atoms with van der Waals surface area (Å²) in [6, 6.07) is 8.33. The van der Waals surface area contributed by atoms with E-state index in [1.807, 2.05) is 36.5 Å². The number of benzene rings is 1. The van der Waals surface area contributed by atoms with Crippen molar-refractivity contribution in [2.24, 2.45) is 0 Å². The molecule has 0 radical (unpaired) electrons. The monoisotopic (exact) mass is 282 g/mol. The molecule has 0 aliphatic carbocycles. The Morgan fingerprint density at radius 3 is 2.48 bits per heavy atom. The normalized spacial score (nSPS) is 10.8. The van der Waals surface area contributed by atoms with Gasteiger partial charge in [0.05, 0.1) is 0 Å². The topological polar surface area (TPSA) is 51.8 Å². The van der Waals surface area contributed by atoms with Crippen LogP contribution in [-0.2, 0) is 6.54 Å². The number of aryl methyl sites for hydroxylation is 1. The zero-order valence-corrected chi connectivity index (χ0v) is 12.4. The largest absolute Gasteiger partial charge is 0.378 e. The number of aromatic nitrogens is 5. The van der Waals surface area contributed by atoms with Gasteiger partial charge in [-0.05, 0) is 31.2 Å². The first-order valence-corrected chi connectivity index (χ1v) is 6.90. The number of hydrogen-bond acceptors (Lipinski definition) is 4. The third-order valence-corrected chi connectivity index (χ3v) is 3.40. The average molecular weight is 282 g/mol. The summed E-state index contributed by atoms with van der Waals surface area (Å²) in [6.07, 6.45) is 5.28. The Labute approximate surface area is 123 Å². The van der Waals surface area contributed by atoms with Gasteiger partial charge < -0.3 is 4.90 Å². The summed E-state index contributed by atoms with van der Waals surface area (Å²) in [6.45, 7) is 2.80. The molecule has 3 aromatic rings. The van der Waals surface area contributed by atoms with Gasteiger partial charge in [-0.2, -0.15) is 5.10 Å². The average Bonchev–Trinajstić information content (AvgIpc) is 3.15. The van der Waals surface area contributed by atoms with Crippen LogP contribution in [0.25, 0.3) is 17.3 Å². The zero-order valence-electron chi connectivity index (χ0n) is 12.4. The molecular formula is C15H18N6. The van der Waals surface area contributed by atoms with Crippen LogP contribution >= 0.6 is 0 Å². The minimum absolute atomic E-state index is 0.766. The van der Waals surface area contributed by atoms with Crippen molar-refractivity contribution in [1.82, 2.24) is 24.3 Å². The molecule has 3 rings (SSSR count). The van der Waals surface area contributed by atoms with Crippen LogP contribution in [0.5, 0.6) is 0 Å². The molecule has 108 valence electrons. The molecule has 1 aromatic carbocycles. The predicted octanol–water partition coefficient (Wildman–Crippen LogP) is 2.22. The molecule has 2 aromatic heterocycles. The molecule has 0 saturated heterocycles. The lowest BCUT2D eigenvalue weighted by molar-refractivity contribution is 0.661. The van der Waals surface area contributed by atoms with Crippen LogP contribution in [0.2, 0.25) is 0 Å². The number of anilines is 1. The van der Waals surface area contributed by atoms with E-state index in [2.05, 4.69) is 44.2 Å². The summed E-state index contributed by atoms with van der Waals surface area (Å²) >= 11 is 0. The first kappa shape index (κ1) is 13.4. The molecule has 6 nitrogen and oxygen atoms in total. The first-order valence-electron chi connectivity index (χ1n) is 6.90. The Hall–Kier alpha value is -2.63. The van der Waals surface area contributed by atoms with Crippen molar-refractivity contribution in [3.8, 4) is 17.3 Å². The van der Waals surface area contributed by atoms with Gasteiger partial charge in [-0.25, -0.2) is 14.6 Å². The second-order valence-electron chi connectivity index (χ2n) is 4.93. The van der Waals surface area contributed by atoms with Gasteiger partial charge in [0, 0.05) is 44.4 Å². The van der Waals surface area contributed by atoms with Crippen LogP contribution in [0, 0.1) is 0 Å². The van der Waals surface area contributed by atoms with Crippen molar-refractivity contribution in [2.75, 3.05) is 19.0 Å². The van der Waals surface area contributed by atoms with Gasteiger partial charge in [-0.15, -0.1) is 0 Å². The highest BCUT2D eigenvalue weighted by Gasteiger charge is 2.13. The fraction of sp³-hybridized carbons (Fsp3) is 0.267. The van der Waals surface area contributed by atoms with Crippen LogP contribution in [0.15, 0.2) is 43.0 Å². The van der Waals surface area contributed by atoms with E-state index in [0.29, 0.717) is 0 Å². The van der Waals surface area contributed by atoms with Gasteiger partial charge in [0.2, 0.25) is 0 Å². The molecule has 0 aliphatic heterocycles. The number of hydrogen-bond donors (Lipinski definition) is 0. The Morgan fingerprint density at radius 2 is 1.81 bits per heavy atom. The van der Waals surface area contributed by atoms with Crippen molar-refractivity contribution in [3.63, 3.8) is 0 Å². The summed E-state index contributed by atoms with van der Waals surface area (Å²) in [7, 11) is 4.06. The molecule has 0 fully saturated rings. The number of nitrogens with zero attached hydrogens (tertiary/aromatic N) is 6. The molecule has 0 saturated carbocycles. The second kappa shape index (κ2) is 5.40. The molecule has 0 atom stereocenters. The van der Waals surface area contributed by atoms with E-state index in [4.69, 9.17) is 0 Å². The third-order valence-electron chi connectivity index (χ3n) is 3.40. The van der Waals surface area contributed by atoms with Crippen molar-refractivity contribution in [3.05, 3.63) is 43.0 Å². The van der Waals surface area contributed by atoms with E-state index in [1.165, 1.54) is 0 Å². The van der Waals surface area contributed by atoms with Gasteiger partial charge in [0.15, 0.2) is 11.6 Å². The molecular weight excluding hydrogens is 264 g/mol. The SMILES string of the molecule is CCn1ncnc1-c1nccn1-c1ccc(N(C)C)cc1. The van der Waals surface area contributed by atoms with Crippen LogP contribution in [0.3, 0.4) is 0 Å². The Morgan fingerprint density at radius 1 is 1.05 bits per heavy atom. The van der Waals surface area contributed by atoms with E-state index in [-0.39, 0.29) is 0 Å². The van der Waals surface area contributed by atoms with Gasteiger partial charge in [-0.3, -0.25) is 4.57 Å². The molecule has 21 heavy (non-hydrogen) atoms. The fourth-order valence-electron chi connectivity index (χ4n) is 2.26. The van der Waals surface area contributed by atoms with E-state index in [1.54, 1.807) is 12.5 Å². The summed E-state index contributed by atoms with van der Waals surface area (Å²) in [5.74, 6) is 1.58. The molecule has 0 bridgehead atoms. The van der Waals surface area contributed by atoms with Crippen LogP contribution in [-0.4, -0.2) is 38.4 Å². The molecule has 2 heterocycles. The third kappa shape index (κ3) is 2.40. The fourth-order valence-corrected chi connectivity index (χ4v) is 2.26. The smallest absolute Gasteiger partial charge is 0.194 e. The van der Waals surface area contributed by atoms with E-state index in [9.17, 15) is 0 Å². The molecule has 0 N–H and O–H groups in total. The van der Waals surface area contributed by atoms with Gasteiger partial charge >= 0.3 is 0 Å². The first-order chi connectivity index (χ1) is 10.2. The van der Waals surface area contributed by atoms with Crippen molar-refractivity contribution in [1.29, 1.82) is 0 Å². The highest BCUT2D eigenvalue weighted by atomic mass is 15.3. The molecule has 0 aliphatic rings. The molecule has 0 spiro atoms. The highest BCUT2D eigenvalue weighted by molar-refractivity contribution is 5.54. The van der Waals surface area contributed by atoms with E-state index in [0.717, 1.165) is 29.6 Å². The van der Waals surface area contributed by atoms with E-state index >= 15 is 0 Å². The van der Waals surface area contributed by atoms with Crippen molar-refractivity contribution in [2.45, 2.75) is 13.5 Å². The zero-order chi connectivity index (χ0) is 14.8. The van der Waals surface area contributed by atoms with Crippen molar-refractivity contribution < 1.29 is 0 Å². The Kier molecular flexibility index (Phi) is 3.43. The van der Waals surface area contributed by atoms with Gasteiger partial charge in [0.25, 0.3) is 0 Å². The molecule has 6 heteroatoms. The maximum atomic E-state index is 4.43. The van der Waals surface area contributed by atoms with Crippen LogP contribution in [0.4, 0.5) is 5.69 Å². The highest BCUT2D eigenvalue weighted by Crippen LogP contribution is 2.21. The van der Waals surface area contributed by atoms with Crippen LogP contribution < -0.4 is 4.90 Å². The summed E-state index contributed by atoms with van der Waals surface area (Å²) < 4.78 is 3.86. The van der Waals surface area contributed by atoms with Crippen LogP contribution in [0.1, 0.15) is 6.92 Å². The molecule has 0 amide bonds. The van der Waals surface area contributed by atoms with E-state index < -0.39 is 0 Å². The summed E-state index contributed by atoms with van der Waals surface area (Å²) in [4.78, 5) is 10.8. The minimum Gasteiger partial charge on any atom is -0.378 e. The van der Waals surface area contributed by atoms with Gasteiger partial charge in [0.1, 0.15) is 6.33 Å². The summed E-state index contributed by atoms with van der Waals surface area (Å²) in [5.41, 5.74) is 2.22. The number of imidazole rings is 1. The second-order valence-corrected chi connectivity index (χ2v) is 4.93. The molecule has 0 unspecified atom stereocenters. The Balaban J connectivity index is 2.03. The number of rotatable bonds is 4. The lowest BCUT2D eigenvalue weighted by Gasteiger charge is -2.13. The van der Waals surface area contributed by atoms with Crippen molar-refractivity contribution >= 4 is 5.69 Å². The minimum atomic E-state index is 0.766. The summed E-state index contributed by atoms with van der Waals surface area (Å²) in [5, 5.41) is 4.21. The Bertz CT molecular complexity index is 723. The lowest BCUT2D eigenvalue weighted by Crippen LogP contribution is -2.08. The quantitative estimate of drug-likeness (QED) is 0.736. The maximum absolute atomic E-state index is 4.43. The maximum Gasteiger partial charge on any atom is 0.194 e.